The molecule has 62 heavy (non-hydrogen) atoms. The van der Waals surface area contributed by atoms with Gasteiger partial charge in [-0.3, -0.25) is 0 Å². The van der Waals surface area contributed by atoms with Crippen LogP contribution in [0.2, 0.25) is 0 Å². The summed E-state index contributed by atoms with van der Waals surface area (Å²) in [5.74, 6) is 1.92. The molecule has 3 aromatic heterocycles. The predicted molar refractivity (Wildman–Crippen MR) is 257 cm³/mol. The molecule has 5 nitrogen and oxygen atoms in total. The van der Waals surface area contributed by atoms with Gasteiger partial charge in [0.05, 0.1) is 27.8 Å². The fourth-order valence-corrected chi connectivity index (χ4v) is 9.63. The average molecular weight is 790 g/mol. The second-order valence-electron chi connectivity index (χ2n) is 16.0. The summed E-state index contributed by atoms with van der Waals surface area (Å²) in [6, 6.07) is 75.9. The first-order valence-electron chi connectivity index (χ1n) is 21.0. The first-order chi connectivity index (χ1) is 30.7. The van der Waals surface area contributed by atoms with Crippen molar-refractivity contribution in [2.75, 3.05) is 0 Å². The minimum Gasteiger partial charge on any atom is -0.309 e. The summed E-state index contributed by atoms with van der Waals surface area (Å²) < 4.78 is 4.91. The first-order valence-corrected chi connectivity index (χ1v) is 21.0. The third kappa shape index (κ3) is 5.32. The predicted octanol–water partition coefficient (Wildman–Crippen LogP) is 14.5. The van der Waals surface area contributed by atoms with Crippen molar-refractivity contribution in [1.29, 1.82) is 0 Å². The van der Waals surface area contributed by atoms with E-state index in [0.29, 0.717) is 17.5 Å². The molecule has 0 spiro atoms. The number of aromatic nitrogens is 5. The number of hydrogen-bond acceptors (Lipinski definition) is 3. The third-order valence-corrected chi connectivity index (χ3v) is 12.5. The Bertz CT molecular complexity index is 3860. The van der Waals surface area contributed by atoms with Gasteiger partial charge < -0.3 is 9.13 Å². The van der Waals surface area contributed by atoms with Crippen LogP contribution in [0.1, 0.15) is 0 Å². The minimum absolute atomic E-state index is 0.635. The van der Waals surface area contributed by atoms with Crippen LogP contribution < -0.4 is 0 Å². The van der Waals surface area contributed by atoms with Crippen molar-refractivity contribution in [1.82, 2.24) is 24.1 Å². The molecule has 0 aliphatic rings. The van der Waals surface area contributed by atoms with E-state index in [1.165, 1.54) is 48.6 Å². The Morgan fingerprint density at radius 3 is 1.56 bits per heavy atom. The van der Waals surface area contributed by atoms with E-state index >= 15 is 0 Å². The van der Waals surface area contributed by atoms with Crippen molar-refractivity contribution >= 4 is 75.9 Å². The fourth-order valence-electron chi connectivity index (χ4n) is 9.63. The SMILES string of the molecule is c1ccc(-c2nc(-c3ccccc3)nc(-c3cccc4c(-n5c6cc7ccccc7cc6c6cc7c8ccccc8n(-c8ccc9ccccc9c8)c7cc65)cccc34)n2)cc1. The van der Waals surface area contributed by atoms with Gasteiger partial charge >= 0.3 is 0 Å². The lowest BCUT2D eigenvalue weighted by Crippen LogP contribution is -2.01. The molecule has 0 aliphatic carbocycles. The van der Waals surface area contributed by atoms with Crippen LogP contribution in [0.5, 0.6) is 0 Å². The van der Waals surface area contributed by atoms with Crippen LogP contribution in [0.4, 0.5) is 0 Å². The lowest BCUT2D eigenvalue weighted by atomic mass is 10.0. The van der Waals surface area contributed by atoms with E-state index in [-0.39, 0.29) is 0 Å². The highest BCUT2D eigenvalue weighted by Crippen LogP contribution is 2.43. The maximum absolute atomic E-state index is 5.16. The zero-order valence-electron chi connectivity index (χ0n) is 33.4. The fraction of sp³-hybridized carbons (Fsp3) is 0. The average Bonchev–Trinajstić information content (AvgIpc) is 3.83. The Morgan fingerprint density at radius 2 is 0.806 bits per heavy atom. The van der Waals surface area contributed by atoms with Crippen LogP contribution in [0.25, 0.3) is 121 Å². The third-order valence-electron chi connectivity index (χ3n) is 12.5. The standard InChI is InChI=1S/C57H35N5/c1-3-16-37(17-4-1)55-58-56(38-18-5-2-6-19-38)60-57(59-55)46-26-13-25-44-43(46)24-14-28-51(44)62-52-33-41-22-10-9-21-40(41)32-47(52)49-34-48-45-23-11-12-27-50(45)61(53(48)35-54(49)62)42-30-29-36-15-7-8-20-39(36)31-42/h1-35H. The van der Waals surface area contributed by atoms with Gasteiger partial charge in [-0.25, -0.2) is 15.0 Å². The zero-order chi connectivity index (χ0) is 40.7. The lowest BCUT2D eigenvalue weighted by molar-refractivity contribution is 1.08. The second kappa shape index (κ2) is 13.6. The number of rotatable bonds is 5. The van der Waals surface area contributed by atoms with Gasteiger partial charge in [0.25, 0.3) is 0 Å². The number of para-hydroxylation sites is 1. The van der Waals surface area contributed by atoms with Crippen molar-refractivity contribution in [3.8, 4) is 45.5 Å². The quantitative estimate of drug-likeness (QED) is 0.174. The molecule has 0 amide bonds. The highest BCUT2D eigenvalue weighted by molar-refractivity contribution is 6.21. The molecule has 0 aliphatic heterocycles. The molecule has 10 aromatic carbocycles. The Morgan fingerprint density at radius 1 is 0.274 bits per heavy atom. The van der Waals surface area contributed by atoms with Crippen LogP contribution in [-0.2, 0) is 0 Å². The van der Waals surface area contributed by atoms with E-state index in [2.05, 4.69) is 185 Å². The van der Waals surface area contributed by atoms with E-state index in [9.17, 15) is 0 Å². The molecule has 288 valence electrons. The van der Waals surface area contributed by atoms with E-state index in [1.54, 1.807) is 0 Å². The normalized spacial score (nSPS) is 11.9. The molecule has 0 N–H and O–H groups in total. The van der Waals surface area contributed by atoms with Gasteiger partial charge in [-0.15, -0.1) is 0 Å². The van der Waals surface area contributed by atoms with Crippen LogP contribution >= 0.6 is 0 Å². The van der Waals surface area contributed by atoms with Gasteiger partial charge in [0.2, 0.25) is 0 Å². The van der Waals surface area contributed by atoms with E-state index in [1.807, 2.05) is 36.4 Å². The Hall–Kier alpha value is -8.41. The summed E-state index contributed by atoms with van der Waals surface area (Å²) in [6.07, 6.45) is 0. The zero-order valence-corrected chi connectivity index (χ0v) is 33.4. The Kier molecular flexibility index (Phi) is 7.54. The van der Waals surface area contributed by atoms with E-state index in [0.717, 1.165) is 55.4 Å². The summed E-state index contributed by atoms with van der Waals surface area (Å²) in [5.41, 5.74) is 9.71. The number of fused-ring (bicyclic) bond motifs is 9. The highest BCUT2D eigenvalue weighted by atomic mass is 15.0. The number of nitrogens with zero attached hydrogens (tertiary/aromatic N) is 5. The number of benzene rings is 10. The molecule has 3 heterocycles. The molecule has 0 bridgehead atoms. The van der Waals surface area contributed by atoms with Gasteiger partial charge in [-0.2, -0.15) is 0 Å². The molecular weight excluding hydrogens is 755 g/mol. The van der Waals surface area contributed by atoms with Crippen LogP contribution in [0.3, 0.4) is 0 Å². The molecule has 0 unspecified atom stereocenters. The summed E-state index contributed by atoms with van der Waals surface area (Å²) in [7, 11) is 0. The van der Waals surface area contributed by atoms with Crippen molar-refractivity contribution in [3.05, 3.63) is 212 Å². The monoisotopic (exact) mass is 789 g/mol. The van der Waals surface area contributed by atoms with E-state index < -0.39 is 0 Å². The topological polar surface area (TPSA) is 48.5 Å². The summed E-state index contributed by atoms with van der Waals surface area (Å²) in [6.45, 7) is 0. The van der Waals surface area contributed by atoms with Gasteiger partial charge in [-0.05, 0) is 75.5 Å². The van der Waals surface area contributed by atoms with Crippen molar-refractivity contribution in [2.24, 2.45) is 0 Å². The van der Waals surface area contributed by atoms with Gasteiger partial charge in [0.15, 0.2) is 17.5 Å². The molecule has 0 fully saturated rings. The smallest absolute Gasteiger partial charge is 0.164 e. The highest BCUT2D eigenvalue weighted by Gasteiger charge is 2.21. The largest absolute Gasteiger partial charge is 0.309 e. The second-order valence-corrected chi connectivity index (χ2v) is 16.0. The van der Waals surface area contributed by atoms with Gasteiger partial charge in [0, 0.05) is 49.3 Å². The van der Waals surface area contributed by atoms with Crippen molar-refractivity contribution in [2.45, 2.75) is 0 Å². The molecule has 0 saturated carbocycles. The maximum atomic E-state index is 5.16. The maximum Gasteiger partial charge on any atom is 0.164 e. The van der Waals surface area contributed by atoms with Crippen molar-refractivity contribution < 1.29 is 0 Å². The lowest BCUT2D eigenvalue weighted by Gasteiger charge is -2.15. The molecule has 0 atom stereocenters. The van der Waals surface area contributed by atoms with Crippen LogP contribution in [-0.4, -0.2) is 24.1 Å². The van der Waals surface area contributed by atoms with Crippen LogP contribution in [0, 0.1) is 0 Å². The Labute approximate surface area is 356 Å². The molecule has 0 saturated heterocycles. The molecule has 5 heteroatoms. The molecule has 13 rings (SSSR count). The molecule has 13 aromatic rings. The Balaban J connectivity index is 1.11. The van der Waals surface area contributed by atoms with Gasteiger partial charge in [0.1, 0.15) is 0 Å². The minimum atomic E-state index is 0.635. The summed E-state index contributed by atoms with van der Waals surface area (Å²) in [4.78, 5) is 15.3. The van der Waals surface area contributed by atoms with Crippen LogP contribution in [0.15, 0.2) is 212 Å². The summed E-state index contributed by atoms with van der Waals surface area (Å²) in [5, 5.41) is 11.9. The number of hydrogen-bond donors (Lipinski definition) is 0. The van der Waals surface area contributed by atoms with Gasteiger partial charge in [-0.1, -0.05) is 164 Å². The van der Waals surface area contributed by atoms with Crippen molar-refractivity contribution in [3.63, 3.8) is 0 Å². The molecular formula is C57H35N5. The molecule has 0 radical (unpaired) electrons. The summed E-state index contributed by atoms with van der Waals surface area (Å²) >= 11 is 0. The van der Waals surface area contributed by atoms with E-state index in [4.69, 9.17) is 15.0 Å². The first kappa shape index (κ1) is 34.5.